The number of ether oxygens (including phenoxy) is 1. The lowest BCUT2D eigenvalue weighted by molar-refractivity contribution is -0.122. The minimum absolute atomic E-state index is 0.0893. The molecule has 4 nitrogen and oxygen atoms in total. The number of nitrogens with one attached hydrogen (secondary N) is 2. The average molecular weight is 304 g/mol. The van der Waals surface area contributed by atoms with Crippen molar-refractivity contribution >= 4 is 5.91 Å². The average Bonchev–Trinajstić information content (AvgIpc) is 2.59. The van der Waals surface area contributed by atoms with E-state index in [1.165, 1.54) is 12.8 Å². The molecule has 1 aromatic carbocycles. The Balaban J connectivity index is 1.81. The second kappa shape index (κ2) is 8.79. The van der Waals surface area contributed by atoms with Gasteiger partial charge in [-0.15, -0.1) is 0 Å². The summed E-state index contributed by atoms with van der Waals surface area (Å²) in [7, 11) is 1.66. The van der Waals surface area contributed by atoms with Crippen LogP contribution in [0.2, 0.25) is 0 Å². The van der Waals surface area contributed by atoms with Crippen molar-refractivity contribution in [2.75, 3.05) is 20.2 Å². The summed E-state index contributed by atoms with van der Waals surface area (Å²) in [6, 6.07) is 8.03. The summed E-state index contributed by atoms with van der Waals surface area (Å²) in [4.78, 5) is 12.2. The van der Waals surface area contributed by atoms with Crippen LogP contribution in [0, 0.1) is 5.92 Å². The standard InChI is InChI=1S/C18H28N2O2/c1-3-17(15-5-7-16(22-2)8-6-15)20-18(21)9-4-14-10-12-19-13-11-14/h5-8,14,17,19H,3-4,9-13H2,1-2H3,(H,20,21). The van der Waals surface area contributed by atoms with Gasteiger partial charge < -0.3 is 15.4 Å². The van der Waals surface area contributed by atoms with E-state index in [4.69, 9.17) is 4.74 Å². The molecule has 2 rings (SSSR count). The molecular formula is C18H28N2O2. The maximum absolute atomic E-state index is 12.2. The number of piperidine rings is 1. The van der Waals surface area contributed by atoms with Crippen molar-refractivity contribution < 1.29 is 9.53 Å². The minimum atomic E-state index is 0.0893. The number of amides is 1. The zero-order valence-electron chi connectivity index (χ0n) is 13.7. The zero-order valence-corrected chi connectivity index (χ0v) is 13.7. The molecule has 0 saturated carbocycles. The van der Waals surface area contributed by atoms with Crippen LogP contribution in [0.1, 0.15) is 50.6 Å². The van der Waals surface area contributed by atoms with Crippen molar-refractivity contribution in [3.8, 4) is 5.75 Å². The summed E-state index contributed by atoms with van der Waals surface area (Å²) in [5.41, 5.74) is 1.14. The highest BCUT2D eigenvalue weighted by molar-refractivity contribution is 5.76. The molecule has 0 aliphatic carbocycles. The first-order valence-electron chi connectivity index (χ1n) is 8.37. The van der Waals surface area contributed by atoms with Crippen molar-refractivity contribution in [1.29, 1.82) is 0 Å². The maximum atomic E-state index is 12.2. The third-order valence-electron chi connectivity index (χ3n) is 4.50. The molecule has 1 aromatic rings. The molecule has 4 heteroatoms. The molecule has 1 fully saturated rings. The van der Waals surface area contributed by atoms with Gasteiger partial charge in [-0.3, -0.25) is 4.79 Å². The molecule has 122 valence electrons. The second-order valence-corrected chi connectivity index (χ2v) is 6.03. The van der Waals surface area contributed by atoms with E-state index in [1.54, 1.807) is 7.11 Å². The van der Waals surface area contributed by atoms with Gasteiger partial charge in [-0.1, -0.05) is 19.1 Å². The molecule has 1 amide bonds. The molecule has 2 N–H and O–H groups in total. The molecule has 1 aliphatic heterocycles. The van der Waals surface area contributed by atoms with E-state index < -0.39 is 0 Å². The molecule has 1 atom stereocenters. The lowest BCUT2D eigenvalue weighted by Crippen LogP contribution is -2.31. The molecule has 22 heavy (non-hydrogen) atoms. The number of methoxy groups -OCH3 is 1. The van der Waals surface area contributed by atoms with Gasteiger partial charge in [-0.2, -0.15) is 0 Å². The number of carbonyl (C=O) groups excluding carboxylic acids is 1. The van der Waals surface area contributed by atoms with E-state index in [9.17, 15) is 4.79 Å². The van der Waals surface area contributed by atoms with Crippen molar-refractivity contribution in [2.45, 2.75) is 45.1 Å². The molecule has 1 unspecified atom stereocenters. The van der Waals surface area contributed by atoms with Crippen LogP contribution in [0.25, 0.3) is 0 Å². The molecule has 1 heterocycles. The molecule has 0 aromatic heterocycles. The van der Waals surface area contributed by atoms with Gasteiger partial charge in [0.1, 0.15) is 5.75 Å². The topological polar surface area (TPSA) is 50.4 Å². The van der Waals surface area contributed by atoms with E-state index in [-0.39, 0.29) is 11.9 Å². The van der Waals surface area contributed by atoms with Gasteiger partial charge in [0.25, 0.3) is 0 Å². The Morgan fingerprint density at radius 1 is 1.32 bits per heavy atom. The fourth-order valence-corrected chi connectivity index (χ4v) is 3.03. The van der Waals surface area contributed by atoms with Crippen molar-refractivity contribution in [2.24, 2.45) is 5.92 Å². The molecule has 0 bridgehead atoms. The number of hydrogen-bond acceptors (Lipinski definition) is 3. The SMILES string of the molecule is CCC(NC(=O)CCC1CCNCC1)c1ccc(OC)cc1. The van der Waals surface area contributed by atoms with Crippen LogP contribution in [0.3, 0.4) is 0 Å². The second-order valence-electron chi connectivity index (χ2n) is 6.03. The van der Waals surface area contributed by atoms with Gasteiger partial charge in [-0.05, 0) is 62.4 Å². The van der Waals surface area contributed by atoms with Crippen LogP contribution in [0.5, 0.6) is 5.75 Å². The first kappa shape index (κ1) is 16.8. The highest BCUT2D eigenvalue weighted by Gasteiger charge is 2.17. The monoisotopic (exact) mass is 304 g/mol. The van der Waals surface area contributed by atoms with E-state index in [0.29, 0.717) is 12.3 Å². The molecule has 1 saturated heterocycles. The van der Waals surface area contributed by atoms with Gasteiger partial charge in [0, 0.05) is 6.42 Å². The van der Waals surface area contributed by atoms with E-state index in [0.717, 1.165) is 37.2 Å². The summed E-state index contributed by atoms with van der Waals surface area (Å²) in [6.07, 6.45) is 4.93. The normalized spacial score (nSPS) is 17.0. The van der Waals surface area contributed by atoms with E-state index in [2.05, 4.69) is 17.6 Å². The fraction of sp³-hybridized carbons (Fsp3) is 0.611. The van der Waals surface area contributed by atoms with Crippen LogP contribution in [0.4, 0.5) is 0 Å². The quantitative estimate of drug-likeness (QED) is 0.814. The Morgan fingerprint density at radius 2 is 2.00 bits per heavy atom. The number of benzene rings is 1. The summed E-state index contributed by atoms with van der Waals surface area (Å²) in [5, 5.41) is 6.53. The van der Waals surface area contributed by atoms with Gasteiger partial charge in [0.05, 0.1) is 13.2 Å². The Labute approximate surface area is 133 Å². The Bertz CT molecular complexity index is 453. The van der Waals surface area contributed by atoms with Crippen LogP contribution >= 0.6 is 0 Å². The molecule has 0 radical (unpaired) electrons. The number of rotatable bonds is 7. The predicted octanol–water partition coefficient (Wildman–Crippen LogP) is 3.04. The first-order chi connectivity index (χ1) is 10.7. The summed E-state index contributed by atoms with van der Waals surface area (Å²) < 4.78 is 5.18. The lowest BCUT2D eigenvalue weighted by atomic mass is 9.93. The summed E-state index contributed by atoms with van der Waals surface area (Å²) in [5.74, 6) is 1.71. The van der Waals surface area contributed by atoms with Gasteiger partial charge in [-0.25, -0.2) is 0 Å². The Morgan fingerprint density at radius 3 is 2.59 bits per heavy atom. The number of carbonyl (C=O) groups is 1. The van der Waals surface area contributed by atoms with Crippen molar-refractivity contribution in [3.63, 3.8) is 0 Å². The summed E-state index contributed by atoms with van der Waals surface area (Å²) in [6.45, 7) is 4.29. The van der Waals surface area contributed by atoms with Gasteiger partial charge in [0.15, 0.2) is 0 Å². The van der Waals surface area contributed by atoms with Crippen LogP contribution < -0.4 is 15.4 Å². The maximum Gasteiger partial charge on any atom is 0.220 e. The lowest BCUT2D eigenvalue weighted by Gasteiger charge is -2.23. The first-order valence-corrected chi connectivity index (χ1v) is 8.37. The largest absolute Gasteiger partial charge is 0.497 e. The molecule has 1 aliphatic rings. The third kappa shape index (κ3) is 5.02. The minimum Gasteiger partial charge on any atom is -0.497 e. The Kier molecular flexibility index (Phi) is 6.72. The van der Waals surface area contributed by atoms with Crippen LogP contribution in [0.15, 0.2) is 24.3 Å². The van der Waals surface area contributed by atoms with Crippen molar-refractivity contribution in [3.05, 3.63) is 29.8 Å². The fourth-order valence-electron chi connectivity index (χ4n) is 3.03. The smallest absolute Gasteiger partial charge is 0.220 e. The number of hydrogen-bond donors (Lipinski definition) is 2. The van der Waals surface area contributed by atoms with E-state index in [1.807, 2.05) is 24.3 Å². The highest BCUT2D eigenvalue weighted by Crippen LogP contribution is 2.21. The van der Waals surface area contributed by atoms with Crippen LogP contribution in [-0.2, 0) is 4.79 Å². The van der Waals surface area contributed by atoms with Gasteiger partial charge >= 0.3 is 0 Å². The highest BCUT2D eigenvalue weighted by atomic mass is 16.5. The molecular weight excluding hydrogens is 276 g/mol. The molecule has 0 spiro atoms. The predicted molar refractivity (Wildman–Crippen MR) is 89.0 cm³/mol. The van der Waals surface area contributed by atoms with E-state index >= 15 is 0 Å². The van der Waals surface area contributed by atoms with Crippen LogP contribution in [-0.4, -0.2) is 26.1 Å². The summed E-state index contributed by atoms with van der Waals surface area (Å²) >= 11 is 0. The Hall–Kier alpha value is -1.55. The van der Waals surface area contributed by atoms with Gasteiger partial charge in [0.2, 0.25) is 5.91 Å². The van der Waals surface area contributed by atoms with Crippen molar-refractivity contribution in [1.82, 2.24) is 10.6 Å². The zero-order chi connectivity index (χ0) is 15.8. The third-order valence-corrected chi connectivity index (χ3v) is 4.50.